The zero-order valence-corrected chi connectivity index (χ0v) is 12.7. The standard InChI is InChI=1S/C14H25NO2S/c1-11(2)8-15-9-14-7-13(12(3)18-14)10-17-6-5-16-4/h7,11,15H,5-6,8-10H2,1-4H3. The van der Waals surface area contributed by atoms with Crippen LogP contribution in [0.5, 0.6) is 0 Å². The van der Waals surface area contributed by atoms with Gasteiger partial charge in [-0.05, 0) is 31.0 Å². The van der Waals surface area contributed by atoms with Gasteiger partial charge in [-0.3, -0.25) is 0 Å². The van der Waals surface area contributed by atoms with E-state index < -0.39 is 0 Å². The molecule has 0 radical (unpaired) electrons. The van der Waals surface area contributed by atoms with Crippen LogP contribution in [0.3, 0.4) is 0 Å². The SMILES string of the molecule is COCCOCc1cc(CNCC(C)C)sc1C. The molecule has 0 saturated heterocycles. The second-order valence-electron chi connectivity index (χ2n) is 4.86. The van der Waals surface area contributed by atoms with Gasteiger partial charge < -0.3 is 14.8 Å². The highest BCUT2D eigenvalue weighted by Gasteiger charge is 2.05. The van der Waals surface area contributed by atoms with Crippen molar-refractivity contribution in [3.63, 3.8) is 0 Å². The maximum absolute atomic E-state index is 5.56. The molecule has 0 aliphatic heterocycles. The summed E-state index contributed by atoms with van der Waals surface area (Å²) < 4.78 is 10.5. The molecule has 1 heterocycles. The van der Waals surface area contributed by atoms with Crippen LogP contribution in [0, 0.1) is 12.8 Å². The van der Waals surface area contributed by atoms with Crippen molar-refractivity contribution in [3.05, 3.63) is 21.4 Å². The Kier molecular flexibility index (Phi) is 7.51. The van der Waals surface area contributed by atoms with E-state index in [9.17, 15) is 0 Å². The van der Waals surface area contributed by atoms with Crippen molar-refractivity contribution >= 4 is 11.3 Å². The first-order chi connectivity index (χ1) is 8.63. The lowest BCUT2D eigenvalue weighted by atomic mass is 10.2. The Hall–Kier alpha value is -0.420. The predicted octanol–water partition coefficient (Wildman–Crippen LogP) is 2.97. The number of ether oxygens (including phenoxy) is 2. The van der Waals surface area contributed by atoms with E-state index in [4.69, 9.17) is 9.47 Å². The lowest BCUT2D eigenvalue weighted by Gasteiger charge is -2.05. The van der Waals surface area contributed by atoms with Crippen molar-refractivity contribution in [3.8, 4) is 0 Å². The highest BCUT2D eigenvalue weighted by atomic mass is 32.1. The number of thiophene rings is 1. The second kappa shape index (κ2) is 8.64. The van der Waals surface area contributed by atoms with Gasteiger partial charge >= 0.3 is 0 Å². The average molecular weight is 271 g/mol. The summed E-state index contributed by atoms with van der Waals surface area (Å²) >= 11 is 1.86. The molecule has 0 spiro atoms. The highest BCUT2D eigenvalue weighted by Crippen LogP contribution is 2.22. The van der Waals surface area contributed by atoms with Gasteiger partial charge in [-0.25, -0.2) is 0 Å². The summed E-state index contributed by atoms with van der Waals surface area (Å²) in [6.45, 7) is 10.6. The van der Waals surface area contributed by atoms with Gasteiger partial charge in [0.15, 0.2) is 0 Å². The van der Waals surface area contributed by atoms with Crippen molar-refractivity contribution in [2.24, 2.45) is 5.92 Å². The van der Waals surface area contributed by atoms with Crippen molar-refractivity contribution in [2.75, 3.05) is 26.9 Å². The van der Waals surface area contributed by atoms with E-state index in [1.807, 2.05) is 11.3 Å². The number of hydrogen-bond donors (Lipinski definition) is 1. The molecule has 1 N–H and O–H groups in total. The van der Waals surface area contributed by atoms with Gasteiger partial charge in [0.1, 0.15) is 0 Å². The van der Waals surface area contributed by atoms with Crippen molar-refractivity contribution in [1.29, 1.82) is 0 Å². The fraction of sp³-hybridized carbons (Fsp3) is 0.714. The van der Waals surface area contributed by atoms with Crippen LogP contribution < -0.4 is 5.32 Å². The van der Waals surface area contributed by atoms with Gasteiger partial charge in [0.25, 0.3) is 0 Å². The summed E-state index contributed by atoms with van der Waals surface area (Å²) in [5.74, 6) is 0.697. The summed E-state index contributed by atoms with van der Waals surface area (Å²) in [5.41, 5.74) is 1.30. The summed E-state index contributed by atoms with van der Waals surface area (Å²) in [6, 6.07) is 2.25. The van der Waals surface area contributed by atoms with Gasteiger partial charge in [-0.1, -0.05) is 13.8 Å². The van der Waals surface area contributed by atoms with E-state index in [0.29, 0.717) is 25.7 Å². The molecule has 1 aromatic heterocycles. The summed E-state index contributed by atoms with van der Waals surface area (Å²) in [4.78, 5) is 2.74. The van der Waals surface area contributed by atoms with E-state index >= 15 is 0 Å². The molecular formula is C14H25NO2S. The first-order valence-corrected chi connectivity index (χ1v) is 7.30. The first-order valence-electron chi connectivity index (χ1n) is 6.49. The van der Waals surface area contributed by atoms with Crippen LogP contribution in [0.25, 0.3) is 0 Å². The second-order valence-corrected chi connectivity index (χ2v) is 6.21. The van der Waals surface area contributed by atoms with Gasteiger partial charge in [0.2, 0.25) is 0 Å². The molecule has 0 unspecified atom stereocenters. The molecule has 4 heteroatoms. The van der Waals surface area contributed by atoms with Gasteiger partial charge in [0, 0.05) is 23.4 Å². The van der Waals surface area contributed by atoms with Crippen LogP contribution in [-0.2, 0) is 22.6 Å². The van der Waals surface area contributed by atoms with E-state index in [2.05, 4.69) is 32.2 Å². The monoisotopic (exact) mass is 271 g/mol. The number of rotatable bonds is 9. The van der Waals surface area contributed by atoms with E-state index in [-0.39, 0.29) is 0 Å². The minimum Gasteiger partial charge on any atom is -0.382 e. The third-order valence-electron chi connectivity index (χ3n) is 2.61. The zero-order valence-electron chi connectivity index (χ0n) is 11.9. The Morgan fingerprint density at radius 2 is 2.11 bits per heavy atom. The molecule has 0 saturated carbocycles. The lowest BCUT2D eigenvalue weighted by molar-refractivity contribution is 0.0616. The summed E-state index contributed by atoms with van der Waals surface area (Å²) in [7, 11) is 1.69. The Morgan fingerprint density at radius 3 is 2.78 bits per heavy atom. The first kappa shape index (κ1) is 15.6. The van der Waals surface area contributed by atoms with Crippen molar-refractivity contribution < 1.29 is 9.47 Å². The molecule has 0 aliphatic carbocycles. The van der Waals surface area contributed by atoms with Crippen LogP contribution in [0.15, 0.2) is 6.07 Å². The van der Waals surface area contributed by atoms with Crippen LogP contribution in [0.1, 0.15) is 29.2 Å². The molecule has 0 amide bonds. The fourth-order valence-corrected chi connectivity index (χ4v) is 2.64. The average Bonchev–Trinajstić information content (AvgIpc) is 2.65. The Labute approximate surface area is 114 Å². The van der Waals surface area contributed by atoms with Crippen LogP contribution in [0.2, 0.25) is 0 Å². The third-order valence-corrected chi connectivity index (χ3v) is 3.71. The van der Waals surface area contributed by atoms with Crippen LogP contribution in [-0.4, -0.2) is 26.9 Å². The highest BCUT2D eigenvalue weighted by molar-refractivity contribution is 7.12. The normalized spacial score (nSPS) is 11.4. The van der Waals surface area contributed by atoms with Gasteiger partial charge in [-0.2, -0.15) is 0 Å². The van der Waals surface area contributed by atoms with E-state index in [1.165, 1.54) is 15.3 Å². The van der Waals surface area contributed by atoms with Crippen LogP contribution >= 0.6 is 11.3 Å². The molecule has 1 rings (SSSR count). The van der Waals surface area contributed by atoms with E-state index in [1.54, 1.807) is 7.11 Å². The minimum absolute atomic E-state index is 0.659. The molecule has 1 aromatic rings. The maximum Gasteiger partial charge on any atom is 0.0728 e. The molecular weight excluding hydrogens is 246 g/mol. The van der Waals surface area contributed by atoms with Crippen molar-refractivity contribution in [1.82, 2.24) is 5.32 Å². The smallest absolute Gasteiger partial charge is 0.0728 e. The van der Waals surface area contributed by atoms with E-state index in [0.717, 1.165) is 13.1 Å². The molecule has 0 aromatic carbocycles. The molecule has 3 nitrogen and oxygen atoms in total. The predicted molar refractivity (Wildman–Crippen MR) is 77.1 cm³/mol. The third kappa shape index (κ3) is 5.96. The maximum atomic E-state index is 5.56. The molecule has 104 valence electrons. The number of hydrogen-bond acceptors (Lipinski definition) is 4. The number of aryl methyl sites for hydroxylation is 1. The van der Waals surface area contributed by atoms with Gasteiger partial charge in [0.05, 0.1) is 19.8 Å². The number of methoxy groups -OCH3 is 1. The minimum atomic E-state index is 0.659. The molecule has 18 heavy (non-hydrogen) atoms. The van der Waals surface area contributed by atoms with Gasteiger partial charge in [-0.15, -0.1) is 11.3 Å². The Morgan fingerprint density at radius 1 is 1.33 bits per heavy atom. The lowest BCUT2D eigenvalue weighted by Crippen LogP contribution is -2.18. The Balaban J connectivity index is 2.33. The zero-order chi connectivity index (χ0) is 13.4. The largest absolute Gasteiger partial charge is 0.382 e. The fourth-order valence-electron chi connectivity index (χ4n) is 1.63. The van der Waals surface area contributed by atoms with Crippen molar-refractivity contribution in [2.45, 2.75) is 33.9 Å². The topological polar surface area (TPSA) is 30.5 Å². The molecule has 0 aliphatic rings. The molecule has 0 fully saturated rings. The summed E-state index contributed by atoms with van der Waals surface area (Å²) in [5, 5.41) is 3.47. The molecule has 0 atom stereocenters. The van der Waals surface area contributed by atoms with Crippen LogP contribution in [0.4, 0.5) is 0 Å². The number of nitrogens with one attached hydrogen (secondary N) is 1. The molecule has 0 bridgehead atoms. The Bertz CT molecular complexity index is 337. The summed E-state index contributed by atoms with van der Waals surface area (Å²) in [6.07, 6.45) is 0. The quantitative estimate of drug-likeness (QED) is 0.700.